The molecule has 0 saturated carbocycles. The average molecular weight is 372 g/mol. The fraction of sp³-hybridized carbons (Fsp3) is 0.429. The first kappa shape index (κ1) is 15.2. The monoisotopic (exact) mass is 371 g/mol. The van der Waals surface area contributed by atoms with Gasteiger partial charge in [0.1, 0.15) is 22.1 Å². The lowest BCUT2D eigenvalue weighted by molar-refractivity contribution is -0.135. The van der Waals surface area contributed by atoms with E-state index in [2.05, 4.69) is 20.9 Å². The Kier molecular flexibility index (Phi) is 3.82. The Hall–Kier alpha value is -1.67. The molecule has 1 aliphatic rings. The molecule has 0 saturated heterocycles. The van der Waals surface area contributed by atoms with Crippen LogP contribution in [0.2, 0.25) is 0 Å². The van der Waals surface area contributed by atoms with Crippen LogP contribution in [0.15, 0.2) is 4.47 Å². The fourth-order valence-corrected chi connectivity index (χ4v) is 3.38. The second kappa shape index (κ2) is 5.51. The molecule has 3 heterocycles. The van der Waals surface area contributed by atoms with Gasteiger partial charge < -0.3 is 19.3 Å². The molecule has 1 aliphatic heterocycles. The highest BCUT2D eigenvalue weighted by atomic mass is 79.9. The lowest BCUT2D eigenvalue weighted by Crippen LogP contribution is -2.37. The number of hydrogen-bond acceptors (Lipinski definition) is 4. The Balaban J connectivity index is 2.22. The maximum Gasteiger partial charge on any atom is 0.248 e. The summed E-state index contributed by atoms with van der Waals surface area (Å²) >= 11 is 3.16. The molecule has 0 unspecified atom stereocenters. The molecular formula is C14H15BrFN3O3. The van der Waals surface area contributed by atoms with Crippen molar-refractivity contribution in [2.75, 3.05) is 20.3 Å². The van der Waals surface area contributed by atoms with Gasteiger partial charge in [-0.15, -0.1) is 0 Å². The van der Waals surface area contributed by atoms with Crippen LogP contribution in [0.4, 0.5) is 4.39 Å². The molecule has 0 aromatic carbocycles. The van der Waals surface area contributed by atoms with Gasteiger partial charge in [-0.3, -0.25) is 4.79 Å². The molecule has 118 valence electrons. The number of methoxy groups -OCH3 is 1. The molecule has 0 radical (unpaired) electrons. The van der Waals surface area contributed by atoms with Gasteiger partial charge in [0, 0.05) is 37.8 Å². The Morgan fingerprint density at radius 2 is 2.27 bits per heavy atom. The highest BCUT2D eigenvalue weighted by Gasteiger charge is 2.29. The standard InChI is InChI=1S/C14H15BrFN3O3/c1-18-8-3-4-19(9(21)6-20)5-7(8)12-13(18)11(16)10(15)14(17-12)22-2/h20H,3-6H2,1-2H3. The summed E-state index contributed by atoms with van der Waals surface area (Å²) in [7, 11) is 3.21. The van der Waals surface area contributed by atoms with Crippen molar-refractivity contribution in [2.24, 2.45) is 7.05 Å². The van der Waals surface area contributed by atoms with E-state index in [-0.39, 0.29) is 16.3 Å². The molecule has 0 atom stereocenters. The second-order valence-electron chi connectivity index (χ2n) is 5.15. The zero-order chi connectivity index (χ0) is 16.0. The summed E-state index contributed by atoms with van der Waals surface area (Å²) in [6.07, 6.45) is 0.591. The molecular weight excluding hydrogens is 357 g/mol. The fourth-order valence-electron chi connectivity index (χ4n) is 2.94. The predicted molar refractivity (Wildman–Crippen MR) is 81.1 cm³/mol. The van der Waals surface area contributed by atoms with Gasteiger partial charge in [-0.1, -0.05) is 0 Å². The van der Waals surface area contributed by atoms with E-state index in [1.165, 1.54) is 7.11 Å². The third-order valence-electron chi connectivity index (χ3n) is 4.05. The summed E-state index contributed by atoms with van der Waals surface area (Å²) in [5.74, 6) is -0.602. The quantitative estimate of drug-likeness (QED) is 0.865. The number of carbonyl (C=O) groups is 1. The third-order valence-corrected chi connectivity index (χ3v) is 4.74. The first-order chi connectivity index (χ1) is 10.5. The van der Waals surface area contributed by atoms with E-state index in [0.29, 0.717) is 30.5 Å². The number of ether oxygens (including phenoxy) is 1. The minimum absolute atomic E-state index is 0.170. The number of aliphatic hydroxyl groups is 1. The number of aryl methyl sites for hydroxylation is 1. The van der Waals surface area contributed by atoms with Crippen LogP contribution in [-0.4, -0.2) is 45.7 Å². The minimum atomic E-state index is -0.531. The van der Waals surface area contributed by atoms with Crippen LogP contribution in [0.1, 0.15) is 11.3 Å². The number of pyridine rings is 1. The lowest BCUT2D eigenvalue weighted by Gasteiger charge is -2.27. The van der Waals surface area contributed by atoms with Crippen LogP contribution in [-0.2, 0) is 24.8 Å². The topological polar surface area (TPSA) is 67.6 Å². The summed E-state index contributed by atoms with van der Waals surface area (Å²) in [6.45, 7) is 0.274. The zero-order valence-electron chi connectivity index (χ0n) is 12.2. The molecule has 1 N–H and O–H groups in total. The summed E-state index contributed by atoms with van der Waals surface area (Å²) in [6, 6.07) is 0. The highest BCUT2D eigenvalue weighted by Crippen LogP contribution is 2.36. The number of nitrogens with zero attached hydrogens (tertiary/aromatic N) is 3. The predicted octanol–water partition coefficient (Wildman–Crippen LogP) is 1.36. The Bertz CT molecular complexity index is 775. The van der Waals surface area contributed by atoms with E-state index >= 15 is 0 Å². The zero-order valence-corrected chi connectivity index (χ0v) is 13.8. The Labute approximate surface area is 134 Å². The average Bonchev–Trinajstić information content (AvgIpc) is 2.82. The molecule has 3 rings (SSSR count). The van der Waals surface area contributed by atoms with Crippen molar-refractivity contribution in [3.63, 3.8) is 0 Å². The van der Waals surface area contributed by atoms with Crippen LogP contribution in [0.5, 0.6) is 5.88 Å². The summed E-state index contributed by atoms with van der Waals surface area (Å²) in [5, 5.41) is 9.02. The number of aliphatic hydroxyl groups excluding tert-OH is 1. The Morgan fingerprint density at radius 3 is 2.91 bits per heavy atom. The van der Waals surface area contributed by atoms with Gasteiger partial charge in [0.05, 0.1) is 7.11 Å². The van der Waals surface area contributed by atoms with Crippen LogP contribution in [0.3, 0.4) is 0 Å². The van der Waals surface area contributed by atoms with Crippen LogP contribution in [0, 0.1) is 5.82 Å². The van der Waals surface area contributed by atoms with Crippen molar-refractivity contribution in [3.8, 4) is 5.88 Å². The maximum atomic E-state index is 14.6. The number of fused-ring (bicyclic) bond motifs is 3. The van der Waals surface area contributed by atoms with Gasteiger partial charge >= 0.3 is 0 Å². The van der Waals surface area contributed by atoms with E-state index in [4.69, 9.17) is 9.84 Å². The normalized spacial score (nSPS) is 14.3. The van der Waals surface area contributed by atoms with Crippen LogP contribution >= 0.6 is 15.9 Å². The summed E-state index contributed by atoms with van der Waals surface area (Å²) in [4.78, 5) is 17.6. The largest absolute Gasteiger partial charge is 0.480 e. The van der Waals surface area contributed by atoms with Gasteiger partial charge in [-0.25, -0.2) is 9.37 Å². The molecule has 0 bridgehead atoms. The highest BCUT2D eigenvalue weighted by molar-refractivity contribution is 9.10. The van der Waals surface area contributed by atoms with Crippen molar-refractivity contribution in [3.05, 3.63) is 21.5 Å². The van der Waals surface area contributed by atoms with Gasteiger partial charge in [0.2, 0.25) is 11.8 Å². The molecule has 22 heavy (non-hydrogen) atoms. The van der Waals surface area contributed by atoms with Gasteiger partial charge in [-0.05, 0) is 15.9 Å². The second-order valence-corrected chi connectivity index (χ2v) is 5.95. The number of aromatic nitrogens is 2. The van der Waals surface area contributed by atoms with Crippen molar-refractivity contribution in [1.29, 1.82) is 0 Å². The number of hydrogen-bond donors (Lipinski definition) is 1. The smallest absolute Gasteiger partial charge is 0.248 e. The molecule has 0 aliphatic carbocycles. The minimum Gasteiger partial charge on any atom is -0.480 e. The van der Waals surface area contributed by atoms with Gasteiger partial charge in [0.25, 0.3) is 0 Å². The third kappa shape index (κ3) is 2.09. The summed E-state index contributed by atoms with van der Waals surface area (Å²) in [5.41, 5.74) is 2.63. The van der Waals surface area contributed by atoms with Crippen LogP contribution in [0.25, 0.3) is 11.0 Å². The Morgan fingerprint density at radius 1 is 1.55 bits per heavy atom. The van der Waals surface area contributed by atoms with Gasteiger partial charge in [0.15, 0.2) is 5.82 Å². The van der Waals surface area contributed by atoms with Crippen molar-refractivity contribution in [1.82, 2.24) is 14.5 Å². The van der Waals surface area contributed by atoms with E-state index < -0.39 is 12.4 Å². The molecule has 2 aromatic heterocycles. The van der Waals surface area contributed by atoms with E-state index in [1.54, 1.807) is 16.5 Å². The van der Waals surface area contributed by atoms with Gasteiger partial charge in [-0.2, -0.15) is 0 Å². The maximum absolute atomic E-state index is 14.6. The number of halogens is 2. The van der Waals surface area contributed by atoms with Crippen molar-refractivity contribution < 1.29 is 19.0 Å². The molecule has 2 aromatic rings. The molecule has 0 spiro atoms. The molecule has 0 fully saturated rings. The molecule has 8 heteroatoms. The van der Waals surface area contributed by atoms with E-state index in [1.807, 2.05) is 0 Å². The first-order valence-electron chi connectivity index (χ1n) is 6.77. The molecule has 6 nitrogen and oxygen atoms in total. The van der Waals surface area contributed by atoms with Crippen molar-refractivity contribution in [2.45, 2.75) is 13.0 Å². The SMILES string of the molecule is COc1nc2c3c(n(C)c2c(F)c1Br)CCN(C(=O)CO)C3. The lowest BCUT2D eigenvalue weighted by atomic mass is 10.1. The number of rotatable bonds is 2. The molecule has 1 amide bonds. The number of amides is 1. The van der Waals surface area contributed by atoms with Crippen molar-refractivity contribution >= 4 is 32.9 Å². The van der Waals surface area contributed by atoms with Crippen LogP contribution < -0.4 is 4.74 Å². The summed E-state index contributed by atoms with van der Waals surface area (Å²) < 4.78 is 21.7. The first-order valence-corrected chi connectivity index (χ1v) is 7.56. The number of carbonyl (C=O) groups excluding carboxylic acids is 1. The van der Waals surface area contributed by atoms with E-state index in [0.717, 1.165) is 11.3 Å². The van der Waals surface area contributed by atoms with E-state index in [9.17, 15) is 9.18 Å².